The van der Waals surface area contributed by atoms with E-state index >= 15 is 0 Å². The van der Waals surface area contributed by atoms with Gasteiger partial charge in [0.05, 0.1) is 6.10 Å². The molecule has 0 bridgehead atoms. The van der Waals surface area contributed by atoms with Gasteiger partial charge in [-0.3, -0.25) is 11.3 Å². The van der Waals surface area contributed by atoms with Crippen molar-refractivity contribution < 1.29 is 9.13 Å². The summed E-state index contributed by atoms with van der Waals surface area (Å²) in [6, 6.07) is 5.16. The van der Waals surface area contributed by atoms with Crippen molar-refractivity contribution in [3.05, 3.63) is 35.1 Å². The maximum absolute atomic E-state index is 13.1. The van der Waals surface area contributed by atoms with Crippen LogP contribution in [0.1, 0.15) is 43.2 Å². The molecule has 0 aromatic heterocycles. The zero-order valence-corrected chi connectivity index (χ0v) is 12.2. The van der Waals surface area contributed by atoms with Gasteiger partial charge in [-0.1, -0.05) is 6.07 Å². The number of benzene rings is 1. The molecule has 2 rings (SSSR count). The topological polar surface area (TPSA) is 47.3 Å². The highest BCUT2D eigenvalue weighted by atomic mass is 19.1. The van der Waals surface area contributed by atoms with Gasteiger partial charge in [0.1, 0.15) is 5.82 Å². The second kappa shape index (κ2) is 7.72. The van der Waals surface area contributed by atoms with E-state index < -0.39 is 0 Å². The van der Waals surface area contributed by atoms with Crippen LogP contribution in [0.25, 0.3) is 0 Å². The summed E-state index contributed by atoms with van der Waals surface area (Å²) in [6.45, 7) is 2.83. The molecule has 1 aromatic rings. The van der Waals surface area contributed by atoms with E-state index in [0.29, 0.717) is 6.10 Å². The summed E-state index contributed by atoms with van der Waals surface area (Å²) < 4.78 is 18.8. The van der Waals surface area contributed by atoms with Gasteiger partial charge in [0.25, 0.3) is 0 Å². The Balaban J connectivity index is 1.84. The number of nitrogens with one attached hydrogen (secondary N) is 1. The zero-order valence-electron chi connectivity index (χ0n) is 12.2. The van der Waals surface area contributed by atoms with E-state index in [2.05, 4.69) is 5.43 Å². The number of hydrogen-bond donors (Lipinski definition) is 2. The summed E-state index contributed by atoms with van der Waals surface area (Å²) >= 11 is 0. The highest BCUT2D eigenvalue weighted by Crippen LogP contribution is 2.19. The Morgan fingerprint density at radius 2 is 2.30 bits per heavy atom. The highest BCUT2D eigenvalue weighted by Gasteiger charge is 2.17. The molecule has 112 valence electrons. The van der Waals surface area contributed by atoms with Gasteiger partial charge >= 0.3 is 0 Å². The molecule has 20 heavy (non-hydrogen) atoms. The van der Waals surface area contributed by atoms with Crippen molar-refractivity contribution in [3.8, 4) is 0 Å². The number of ether oxygens (including phenoxy) is 1. The average Bonchev–Trinajstić information content (AvgIpc) is 2.46. The maximum Gasteiger partial charge on any atom is 0.123 e. The van der Waals surface area contributed by atoms with Crippen LogP contribution in [0.2, 0.25) is 0 Å². The van der Waals surface area contributed by atoms with Gasteiger partial charge in [-0.2, -0.15) is 0 Å². The molecule has 4 heteroatoms. The van der Waals surface area contributed by atoms with Gasteiger partial charge in [-0.15, -0.1) is 0 Å². The van der Waals surface area contributed by atoms with Gasteiger partial charge in [-0.25, -0.2) is 4.39 Å². The predicted molar refractivity (Wildman–Crippen MR) is 78.8 cm³/mol. The molecule has 0 saturated carbocycles. The molecule has 3 N–H and O–H groups in total. The molecule has 1 aliphatic rings. The molecule has 0 amide bonds. The summed E-state index contributed by atoms with van der Waals surface area (Å²) in [7, 11) is 0. The number of nitrogens with two attached hydrogens (primary N) is 1. The fourth-order valence-corrected chi connectivity index (χ4v) is 2.82. The van der Waals surface area contributed by atoms with Crippen molar-refractivity contribution in [1.82, 2.24) is 5.43 Å². The van der Waals surface area contributed by atoms with Crippen LogP contribution in [-0.2, 0) is 11.2 Å². The summed E-state index contributed by atoms with van der Waals surface area (Å²) in [5, 5.41) is 0. The van der Waals surface area contributed by atoms with Crippen LogP contribution >= 0.6 is 0 Å². The summed E-state index contributed by atoms with van der Waals surface area (Å²) in [6.07, 6.45) is 6.84. The zero-order chi connectivity index (χ0) is 14.4. The lowest BCUT2D eigenvalue weighted by atomic mass is 9.96. The molecule has 2 unspecified atom stereocenters. The fourth-order valence-electron chi connectivity index (χ4n) is 2.82. The van der Waals surface area contributed by atoms with Crippen molar-refractivity contribution in [2.24, 2.45) is 5.84 Å². The molecule has 3 nitrogen and oxygen atoms in total. The number of halogens is 1. The van der Waals surface area contributed by atoms with Crippen molar-refractivity contribution in [1.29, 1.82) is 0 Å². The molecular weight excluding hydrogens is 255 g/mol. The van der Waals surface area contributed by atoms with Crippen molar-refractivity contribution in [2.75, 3.05) is 6.61 Å². The minimum atomic E-state index is -0.181. The first-order valence-corrected chi connectivity index (χ1v) is 7.52. The van der Waals surface area contributed by atoms with Gasteiger partial charge in [0.2, 0.25) is 0 Å². The monoisotopic (exact) mass is 280 g/mol. The first kappa shape index (κ1) is 15.4. The third-order valence-electron chi connectivity index (χ3n) is 4.12. The number of aryl methyl sites for hydroxylation is 1. The van der Waals surface area contributed by atoms with Gasteiger partial charge < -0.3 is 4.74 Å². The molecule has 1 fully saturated rings. The number of rotatable bonds is 6. The number of hydrazine groups is 1. The molecule has 1 aromatic carbocycles. The van der Waals surface area contributed by atoms with E-state index in [1.165, 1.54) is 18.9 Å². The third-order valence-corrected chi connectivity index (χ3v) is 4.12. The molecule has 0 radical (unpaired) electrons. The van der Waals surface area contributed by atoms with Crippen LogP contribution < -0.4 is 11.3 Å². The first-order valence-electron chi connectivity index (χ1n) is 7.52. The summed E-state index contributed by atoms with van der Waals surface area (Å²) in [5.74, 6) is 5.47. The average molecular weight is 280 g/mol. The number of hydrogen-bond acceptors (Lipinski definition) is 3. The molecule has 1 aliphatic heterocycles. The smallest absolute Gasteiger partial charge is 0.123 e. The molecule has 2 atom stereocenters. The maximum atomic E-state index is 13.1. The Bertz CT molecular complexity index is 419. The quantitative estimate of drug-likeness (QED) is 0.622. The van der Waals surface area contributed by atoms with Crippen LogP contribution in [0.5, 0.6) is 0 Å². The summed E-state index contributed by atoms with van der Waals surface area (Å²) in [4.78, 5) is 0. The van der Waals surface area contributed by atoms with Crippen molar-refractivity contribution in [2.45, 2.75) is 57.6 Å². The Kier molecular flexibility index (Phi) is 5.95. The van der Waals surface area contributed by atoms with E-state index in [-0.39, 0.29) is 11.9 Å². The Labute approximate surface area is 120 Å². The highest BCUT2D eigenvalue weighted by molar-refractivity contribution is 5.27. The molecule has 0 spiro atoms. The standard InChI is InChI=1S/C16H25FN2O/c1-12-10-14(17)6-5-13(12)11-15(19-18)7-8-16-4-2-3-9-20-16/h5-6,10,15-16,19H,2-4,7-9,11,18H2,1H3. The van der Waals surface area contributed by atoms with Gasteiger partial charge in [-0.05, 0) is 68.7 Å². The Hall–Kier alpha value is -0.970. The fraction of sp³-hybridized carbons (Fsp3) is 0.625. The SMILES string of the molecule is Cc1cc(F)ccc1CC(CCC1CCCCO1)NN. The molecular formula is C16H25FN2O. The Morgan fingerprint density at radius 1 is 1.45 bits per heavy atom. The van der Waals surface area contributed by atoms with Crippen LogP contribution in [0.15, 0.2) is 18.2 Å². The Morgan fingerprint density at radius 3 is 2.95 bits per heavy atom. The lowest BCUT2D eigenvalue weighted by molar-refractivity contribution is 0.00858. The van der Waals surface area contributed by atoms with Crippen molar-refractivity contribution >= 4 is 0 Å². The third kappa shape index (κ3) is 4.54. The first-order chi connectivity index (χ1) is 9.69. The second-order valence-electron chi connectivity index (χ2n) is 5.70. The van der Waals surface area contributed by atoms with E-state index in [1.807, 2.05) is 13.0 Å². The lowest BCUT2D eigenvalue weighted by Gasteiger charge is -2.25. The molecule has 1 heterocycles. The van der Waals surface area contributed by atoms with Crippen LogP contribution in [0, 0.1) is 12.7 Å². The van der Waals surface area contributed by atoms with Gasteiger partial charge in [0.15, 0.2) is 0 Å². The minimum absolute atomic E-state index is 0.181. The van der Waals surface area contributed by atoms with Crippen LogP contribution in [0.3, 0.4) is 0 Å². The van der Waals surface area contributed by atoms with Crippen molar-refractivity contribution in [3.63, 3.8) is 0 Å². The van der Waals surface area contributed by atoms with Crippen LogP contribution in [-0.4, -0.2) is 18.8 Å². The minimum Gasteiger partial charge on any atom is -0.378 e. The van der Waals surface area contributed by atoms with E-state index in [4.69, 9.17) is 10.6 Å². The van der Waals surface area contributed by atoms with E-state index in [0.717, 1.165) is 43.4 Å². The second-order valence-corrected chi connectivity index (χ2v) is 5.70. The normalized spacial score (nSPS) is 20.9. The molecule has 0 aliphatic carbocycles. The summed E-state index contributed by atoms with van der Waals surface area (Å²) in [5.41, 5.74) is 5.02. The largest absolute Gasteiger partial charge is 0.378 e. The molecule has 1 saturated heterocycles. The van der Waals surface area contributed by atoms with Gasteiger partial charge in [0, 0.05) is 12.6 Å². The van der Waals surface area contributed by atoms with Crippen LogP contribution in [0.4, 0.5) is 4.39 Å². The lowest BCUT2D eigenvalue weighted by Crippen LogP contribution is -2.38. The predicted octanol–water partition coefficient (Wildman–Crippen LogP) is 2.86. The van der Waals surface area contributed by atoms with E-state index in [9.17, 15) is 4.39 Å². The van der Waals surface area contributed by atoms with E-state index in [1.54, 1.807) is 6.07 Å².